The molecule has 0 radical (unpaired) electrons. The van der Waals surface area contributed by atoms with Crippen LogP contribution in [0.2, 0.25) is 0 Å². The number of carbonyl (C=O) groups is 1. The summed E-state index contributed by atoms with van der Waals surface area (Å²) in [6.07, 6.45) is 1.83. The SMILES string of the molecule is NC(C(=O)N1CCCC1CO)c1cccs1. The van der Waals surface area contributed by atoms with E-state index in [1.165, 1.54) is 11.3 Å². The number of nitrogens with zero attached hydrogens (tertiary/aromatic N) is 1. The Balaban J connectivity index is 2.07. The molecule has 2 rings (SSSR count). The van der Waals surface area contributed by atoms with E-state index in [4.69, 9.17) is 10.8 Å². The van der Waals surface area contributed by atoms with Crippen molar-refractivity contribution in [3.05, 3.63) is 22.4 Å². The summed E-state index contributed by atoms with van der Waals surface area (Å²) in [6, 6.07) is 3.14. The van der Waals surface area contributed by atoms with Crippen molar-refractivity contribution in [3.63, 3.8) is 0 Å². The Morgan fingerprint density at radius 1 is 1.75 bits per heavy atom. The Bertz CT molecular complexity index is 353. The van der Waals surface area contributed by atoms with Gasteiger partial charge in [-0.05, 0) is 24.3 Å². The molecule has 16 heavy (non-hydrogen) atoms. The van der Waals surface area contributed by atoms with Crippen LogP contribution in [0.3, 0.4) is 0 Å². The van der Waals surface area contributed by atoms with E-state index in [0.717, 1.165) is 17.7 Å². The first-order valence-electron chi connectivity index (χ1n) is 5.44. The molecule has 2 heterocycles. The van der Waals surface area contributed by atoms with Gasteiger partial charge < -0.3 is 15.7 Å². The lowest BCUT2D eigenvalue weighted by Gasteiger charge is -2.25. The van der Waals surface area contributed by atoms with Gasteiger partial charge >= 0.3 is 0 Å². The fourth-order valence-electron chi connectivity index (χ4n) is 2.08. The fourth-order valence-corrected chi connectivity index (χ4v) is 2.80. The summed E-state index contributed by atoms with van der Waals surface area (Å²) in [4.78, 5) is 14.7. The molecule has 1 aromatic rings. The lowest BCUT2D eigenvalue weighted by atomic mass is 10.2. The average Bonchev–Trinajstić information content (AvgIpc) is 2.97. The maximum Gasteiger partial charge on any atom is 0.245 e. The standard InChI is InChI=1S/C11H16N2O2S/c12-10(9-4-2-6-16-9)11(15)13-5-1-3-8(13)7-14/h2,4,6,8,10,14H,1,3,5,7,12H2. The second-order valence-corrected chi connectivity index (χ2v) is 4.98. The van der Waals surface area contributed by atoms with Crippen molar-refractivity contribution in [2.75, 3.05) is 13.2 Å². The third kappa shape index (κ3) is 2.11. The normalized spacial score (nSPS) is 22.4. The van der Waals surface area contributed by atoms with E-state index in [1.54, 1.807) is 4.90 Å². The average molecular weight is 240 g/mol. The molecular formula is C11H16N2O2S. The largest absolute Gasteiger partial charge is 0.394 e. The van der Waals surface area contributed by atoms with Crippen LogP contribution in [0.4, 0.5) is 0 Å². The molecule has 0 aromatic carbocycles. The highest BCUT2D eigenvalue weighted by Gasteiger charge is 2.31. The van der Waals surface area contributed by atoms with E-state index in [1.807, 2.05) is 17.5 Å². The minimum atomic E-state index is -0.577. The van der Waals surface area contributed by atoms with Gasteiger partial charge in [-0.3, -0.25) is 4.79 Å². The first kappa shape index (κ1) is 11.6. The van der Waals surface area contributed by atoms with E-state index >= 15 is 0 Å². The zero-order valence-electron chi connectivity index (χ0n) is 9.00. The molecule has 0 bridgehead atoms. The van der Waals surface area contributed by atoms with Crippen LogP contribution < -0.4 is 5.73 Å². The minimum Gasteiger partial charge on any atom is -0.394 e. The quantitative estimate of drug-likeness (QED) is 0.818. The molecule has 1 aliphatic rings. The van der Waals surface area contributed by atoms with Crippen LogP contribution in [-0.4, -0.2) is 35.1 Å². The maximum absolute atomic E-state index is 12.1. The molecule has 1 fully saturated rings. The van der Waals surface area contributed by atoms with Crippen LogP contribution in [0, 0.1) is 0 Å². The van der Waals surface area contributed by atoms with Crippen molar-refractivity contribution in [3.8, 4) is 0 Å². The van der Waals surface area contributed by atoms with Gasteiger partial charge in [-0.2, -0.15) is 0 Å². The molecule has 1 saturated heterocycles. The Morgan fingerprint density at radius 3 is 3.19 bits per heavy atom. The van der Waals surface area contributed by atoms with Crippen LogP contribution in [-0.2, 0) is 4.79 Å². The van der Waals surface area contributed by atoms with Gasteiger partial charge in [0.15, 0.2) is 0 Å². The van der Waals surface area contributed by atoms with Crippen molar-refractivity contribution in [1.29, 1.82) is 0 Å². The molecule has 2 atom stereocenters. The number of rotatable bonds is 3. The molecule has 1 amide bonds. The Hall–Kier alpha value is -0.910. The number of carbonyl (C=O) groups excluding carboxylic acids is 1. The topological polar surface area (TPSA) is 66.6 Å². The van der Waals surface area contributed by atoms with Crippen LogP contribution in [0.25, 0.3) is 0 Å². The van der Waals surface area contributed by atoms with Gasteiger partial charge in [0.25, 0.3) is 0 Å². The molecule has 4 nitrogen and oxygen atoms in total. The second-order valence-electron chi connectivity index (χ2n) is 4.00. The third-order valence-corrected chi connectivity index (χ3v) is 3.94. The van der Waals surface area contributed by atoms with E-state index in [9.17, 15) is 4.79 Å². The molecule has 1 aromatic heterocycles. The van der Waals surface area contributed by atoms with Crippen LogP contribution >= 0.6 is 11.3 Å². The van der Waals surface area contributed by atoms with Crippen molar-refractivity contribution in [2.24, 2.45) is 5.73 Å². The lowest BCUT2D eigenvalue weighted by Crippen LogP contribution is -2.42. The summed E-state index contributed by atoms with van der Waals surface area (Å²) in [6.45, 7) is 0.742. The van der Waals surface area contributed by atoms with Crippen molar-refractivity contribution in [2.45, 2.75) is 24.9 Å². The van der Waals surface area contributed by atoms with Gasteiger partial charge in [0.2, 0.25) is 5.91 Å². The number of aliphatic hydroxyl groups excluding tert-OH is 1. The van der Waals surface area contributed by atoms with E-state index in [-0.39, 0.29) is 18.6 Å². The molecule has 0 saturated carbocycles. The molecule has 0 spiro atoms. The molecule has 0 aliphatic carbocycles. The number of nitrogens with two attached hydrogens (primary N) is 1. The number of amides is 1. The highest BCUT2D eigenvalue weighted by Crippen LogP contribution is 2.24. The monoisotopic (exact) mass is 240 g/mol. The predicted molar refractivity (Wildman–Crippen MR) is 63.1 cm³/mol. The van der Waals surface area contributed by atoms with Crippen LogP contribution in [0.1, 0.15) is 23.8 Å². The Morgan fingerprint density at radius 2 is 2.56 bits per heavy atom. The molecule has 3 N–H and O–H groups in total. The second kappa shape index (κ2) is 4.95. The van der Waals surface area contributed by atoms with Crippen LogP contribution in [0.5, 0.6) is 0 Å². The highest BCUT2D eigenvalue weighted by atomic mass is 32.1. The first-order chi connectivity index (χ1) is 7.74. The molecule has 5 heteroatoms. The first-order valence-corrected chi connectivity index (χ1v) is 6.32. The summed E-state index contributed by atoms with van der Waals surface area (Å²) in [5.41, 5.74) is 5.92. The van der Waals surface area contributed by atoms with Crippen molar-refractivity contribution in [1.82, 2.24) is 4.90 Å². The van der Waals surface area contributed by atoms with Crippen molar-refractivity contribution >= 4 is 17.2 Å². The molecule has 2 unspecified atom stereocenters. The number of hydrogen-bond acceptors (Lipinski definition) is 4. The summed E-state index contributed by atoms with van der Waals surface area (Å²) in [7, 11) is 0. The van der Waals surface area contributed by atoms with E-state index in [2.05, 4.69) is 0 Å². The third-order valence-electron chi connectivity index (χ3n) is 2.99. The smallest absolute Gasteiger partial charge is 0.245 e. The minimum absolute atomic E-state index is 0.0307. The number of thiophene rings is 1. The van der Waals surface area contributed by atoms with Gasteiger partial charge in [0.05, 0.1) is 12.6 Å². The molecular weight excluding hydrogens is 224 g/mol. The van der Waals surface area contributed by atoms with E-state index in [0.29, 0.717) is 6.54 Å². The predicted octanol–water partition coefficient (Wildman–Crippen LogP) is 0.731. The number of likely N-dealkylation sites (tertiary alicyclic amines) is 1. The summed E-state index contributed by atoms with van der Waals surface area (Å²) >= 11 is 1.49. The van der Waals surface area contributed by atoms with Crippen LogP contribution in [0.15, 0.2) is 17.5 Å². The summed E-state index contributed by atoms with van der Waals surface area (Å²) in [5, 5.41) is 11.1. The lowest BCUT2D eigenvalue weighted by molar-refractivity contribution is -0.134. The van der Waals surface area contributed by atoms with Crippen molar-refractivity contribution < 1.29 is 9.90 Å². The van der Waals surface area contributed by atoms with Gasteiger partial charge in [-0.1, -0.05) is 6.07 Å². The van der Waals surface area contributed by atoms with Gasteiger partial charge in [0, 0.05) is 11.4 Å². The fraction of sp³-hybridized carbons (Fsp3) is 0.545. The van der Waals surface area contributed by atoms with Gasteiger partial charge in [0.1, 0.15) is 6.04 Å². The Labute approximate surface area is 98.7 Å². The molecule has 88 valence electrons. The van der Waals surface area contributed by atoms with Gasteiger partial charge in [-0.15, -0.1) is 11.3 Å². The van der Waals surface area contributed by atoms with Gasteiger partial charge in [-0.25, -0.2) is 0 Å². The number of aliphatic hydroxyl groups is 1. The summed E-state index contributed by atoms with van der Waals surface area (Å²) in [5.74, 6) is -0.0704. The number of hydrogen-bond donors (Lipinski definition) is 2. The molecule has 1 aliphatic heterocycles. The zero-order chi connectivity index (χ0) is 11.5. The summed E-state index contributed by atoms with van der Waals surface area (Å²) < 4.78 is 0. The maximum atomic E-state index is 12.1. The van der Waals surface area contributed by atoms with E-state index < -0.39 is 6.04 Å². The highest BCUT2D eigenvalue weighted by molar-refractivity contribution is 7.10. The zero-order valence-corrected chi connectivity index (χ0v) is 9.82. The Kier molecular flexibility index (Phi) is 3.58.